The maximum Gasteiger partial charge on any atom is 0.408 e. The number of amides is 1. The van der Waals surface area contributed by atoms with E-state index in [0.717, 1.165) is 5.56 Å². The number of ether oxygens (including phenoxy) is 1. The predicted molar refractivity (Wildman–Crippen MR) is 84.3 cm³/mol. The Morgan fingerprint density at radius 3 is 2.48 bits per heavy atom. The lowest BCUT2D eigenvalue weighted by atomic mass is 10.1. The number of halogens is 1. The summed E-state index contributed by atoms with van der Waals surface area (Å²) < 4.78 is 5.26. The Balaban J connectivity index is 2.41. The van der Waals surface area contributed by atoms with Crippen LogP contribution in [-0.4, -0.2) is 33.4 Å². The number of carboxylic acids is 1. The molecular weight excluding hydrogens is 389 g/mol. The van der Waals surface area contributed by atoms with Gasteiger partial charge in [0.2, 0.25) is 0 Å². The van der Waals surface area contributed by atoms with Crippen molar-refractivity contribution in [2.75, 3.05) is 4.43 Å². The molecule has 1 aromatic carbocycles. The minimum absolute atomic E-state index is 0.0532. The van der Waals surface area contributed by atoms with Crippen LogP contribution in [0.2, 0.25) is 0 Å². The maximum atomic E-state index is 11.6. The largest absolute Gasteiger partial charge is 0.480 e. The molecule has 0 radical (unpaired) electrons. The van der Waals surface area contributed by atoms with E-state index in [2.05, 4.69) is 5.32 Å². The van der Waals surface area contributed by atoms with Gasteiger partial charge < -0.3 is 15.2 Å². The number of benzene rings is 1. The summed E-state index contributed by atoms with van der Waals surface area (Å²) in [7, 11) is 0. The quantitative estimate of drug-likeness (QED) is 0.511. The molecule has 1 rings (SSSR count). The Labute approximate surface area is 136 Å². The van der Waals surface area contributed by atoms with E-state index in [0.29, 0.717) is 4.43 Å². The third-order valence-electron chi connectivity index (χ3n) is 2.66. The zero-order chi connectivity index (χ0) is 15.7. The third kappa shape index (κ3) is 7.07. The Hall–Kier alpha value is -1.64. The van der Waals surface area contributed by atoms with E-state index in [1.165, 1.54) is 0 Å². The number of hydrogen-bond donors (Lipinski definition) is 2. The molecular formula is C14H16INO5. The summed E-state index contributed by atoms with van der Waals surface area (Å²) >= 11 is 1.91. The first-order chi connectivity index (χ1) is 10.0. The maximum absolute atomic E-state index is 11.6. The van der Waals surface area contributed by atoms with Crippen molar-refractivity contribution >= 4 is 40.4 Å². The highest BCUT2D eigenvalue weighted by Gasteiger charge is 2.21. The number of alkyl halides is 1. The van der Waals surface area contributed by atoms with Gasteiger partial charge in [-0.25, -0.2) is 9.59 Å². The fourth-order valence-electron chi connectivity index (χ4n) is 1.54. The molecule has 7 heteroatoms. The molecule has 1 atom stereocenters. The second kappa shape index (κ2) is 9.32. The van der Waals surface area contributed by atoms with Gasteiger partial charge in [0, 0.05) is 6.42 Å². The Morgan fingerprint density at radius 1 is 1.24 bits per heavy atom. The van der Waals surface area contributed by atoms with Crippen LogP contribution in [0.25, 0.3) is 0 Å². The summed E-state index contributed by atoms with van der Waals surface area (Å²) in [4.78, 5) is 33.8. The molecule has 0 fully saturated rings. The van der Waals surface area contributed by atoms with Gasteiger partial charge in [-0.1, -0.05) is 52.9 Å². The first-order valence-corrected chi connectivity index (χ1v) is 7.83. The molecule has 0 saturated carbocycles. The van der Waals surface area contributed by atoms with Gasteiger partial charge in [-0.05, 0) is 12.0 Å². The van der Waals surface area contributed by atoms with Gasteiger partial charge in [0.15, 0.2) is 0 Å². The molecule has 0 bridgehead atoms. The molecule has 0 spiro atoms. The summed E-state index contributed by atoms with van der Waals surface area (Å²) in [5.74, 6) is -1.24. The van der Waals surface area contributed by atoms with Gasteiger partial charge in [-0.15, -0.1) is 0 Å². The standard InChI is InChI=1S/C14H16INO5/c15-8-11(17)6-7-12(13(18)19)16-14(20)21-9-10-4-2-1-3-5-10/h1-5,12H,6-9H2,(H,16,20)(H,18,19)/t12-/m0/s1. The van der Waals surface area contributed by atoms with Gasteiger partial charge >= 0.3 is 12.1 Å². The Morgan fingerprint density at radius 2 is 1.90 bits per heavy atom. The van der Waals surface area contributed by atoms with Crippen molar-refractivity contribution in [3.05, 3.63) is 35.9 Å². The number of nitrogens with one attached hydrogen (secondary N) is 1. The predicted octanol–water partition coefficient (Wildman–Crippen LogP) is 2.15. The highest BCUT2D eigenvalue weighted by atomic mass is 127. The molecule has 0 unspecified atom stereocenters. The molecule has 0 aliphatic carbocycles. The highest BCUT2D eigenvalue weighted by Crippen LogP contribution is 2.04. The average Bonchev–Trinajstić information content (AvgIpc) is 2.49. The number of alkyl carbamates (subject to hydrolysis) is 1. The SMILES string of the molecule is O=C(CI)CC[C@H](NC(=O)OCc1ccccc1)C(=O)O. The lowest BCUT2D eigenvalue weighted by Crippen LogP contribution is -2.41. The number of rotatable bonds is 8. The average molecular weight is 405 g/mol. The van der Waals surface area contributed by atoms with Crippen molar-refractivity contribution in [1.29, 1.82) is 0 Å². The van der Waals surface area contributed by atoms with E-state index in [9.17, 15) is 14.4 Å². The van der Waals surface area contributed by atoms with Gasteiger partial charge in [0.25, 0.3) is 0 Å². The van der Waals surface area contributed by atoms with Crippen molar-refractivity contribution < 1.29 is 24.2 Å². The van der Waals surface area contributed by atoms with Crippen molar-refractivity contribution in [3.63, 3.8) is 0 Å². The van der Waals surface area contributed by atoms with Crippen LogP contribution in [-0.2, 0) is 20.9 Å². The smallest absolute Gasteiger partial charge is 0.408 e. The van der Waals surface area contributed by atoms with Crippen molar-refractivity contribution in [2.45, 2.75) is 25.5 Å². The van der Waals surface area contributed by atoms with Crippen molar-refractivity contribution in [1.82, 2.24) is 5.32 Å². The normalized spacial score (nSPS) is 11.5. The zero-order valence-corrected chi connectivity index (χ0v) is 13.4. The molecule has 21 heavy (non-hydrogen) atoms. The molecule has 0 aromatic heterocycles. The lowest BCUT2D eigenvalue weighted by molar-refractivity contribution is -0.139. The summed E-state index contributed by atoms with van der Waals surface area (Å²) in [5, 5.41) is 11.3. The summed E-state index contributed by atoms with van der Waals surface area (Å²) in [6.45, 7) is 0.0612. The summed E-state index contributed by atoms with van der Waals surface area (Å²) in [6, 6.07) is 7.93. The van der Waals surface area contributed by atoms with Crippen LogP contribution in [0.4, 0.5) is 4.79 Å². The van der Waals surface area contributed by atoms with Crippen LogP contribution in [0.5, 0.6) is 0 Å². The molecule has 114 valence electrons. The van der Waals surface area contributed by atoms with E-state index in [1.54, 1.807) is 12.1 Å². The van der Waals surface area contributed by atoms with E-state index < -0.39 is 18.1 Å². The fourth-order valence-corrected chi connectivity index (χ4v) is 1.92. The monoisotopic (exact) mass is 405 g/mol. The minimum atomic E-state index is -1.19. The molecule has 1 amide bonds. The third-order valence-corrected chi connectivity index (χ3v) is 3.51. The molecule has 0 aliphatic rings. The Kier molecular flexibility index (Phi) is 7.73. The minimum Gasteiger partial charge on any atom is -0.480 e. The molecule has 6 nitrogen and oxygen atoms in total. The number of carbonyl (C=O) groups is 3. The van der Waals surface area contributed by atoms with Crippen LogP contribution in [0, 0.1) is 0 Å². The van der Waals surface area contributed by atoms with E-state index in [1.807, 2.05) is 40.8 Å². The van der Waals surface area contributed by atoms with E-state index in [4.69, 9.17) is 9.84 Å². The lowest BCUT2D eigenvalue weighted by Gasteiger charge is -2.14. The number of Topliss-reactive ketones (excluding diaryl/α,β-unsaturated/α-hetero) is 1. The fraction of sp³-hybridized carbons (Fsp3) is 0.357. The van der Waals surface area contributed by atoms with Gasteiger partial charge in [0.1, 0.15) is 18.4 Å². The first kappa shape index (κ1) is 17.4. The van der Waals surface area contributed by atoms with Gasteiger partial charge in [-0.2, -0.15) is 0 Å². The van der Waals surface area contributed by atoms with E-state index in [-0.39, 0.29) is 25.2 Å². The van der Waals surface area contributed by atoms with Crippen LogP contribution in [0.3, 0.4) is 0 Å². The van der Waals surface area contributed by atoms with Gasteiger partial charge in [-0.3, -0.25) is 4.79 Å². The molecule has 0 saturated heterocycles. The van der Waals surface area contributed by atoms with Crippen LogP contribution in [0.15, 0.2) is 30.3 Å². The molecule has 1 aromatic rings. The number of ketones is 1. The number of hydrogen-bond acceptors (Lipinski definition) is 4. The summed E-state index contributed by atoms with van der Waals surface area (Å²) in [5.41, 5.74) is 0.805. The molecule has 2 N–H and O–H groups in total. The Bertz CT molecular complexity index is 491. The number of aliphatic carboxylic acids is 1. The molecule has 0 heterocycles. The highest BCUT2D eigenvalue weighted by molar-refractivity contribution is 14.1. The first-order valence-electron chi connectivity index (χ1n) is 6.30. The van der Waals surface area contributed by atoms with Crippen molar-refractivity contribution in [3.8, 4) is 0 Å². The number of carbonyl (C=O) groups excluding carboxylic acids is 2. The van der Waals surface area contributed by atoms with Crippen LogP contribution in [0.1, 0.15) is 18.4 Å². The van der Waals surface area contributed by atoms with Crippen molar-refractivity contribution in [2.24, 2.45) is 0 Å². The second-order valence-electron chi connectivity index (χ2n) is 4.31. The summed E-state index contributed by atoms with van der Waals surface area (Å²) in [6.07, 6.45) is -0.649. The van der Waals surface area contributed by atoms with Crippen LogP contribution < -0.4 is 5.32 Å². The second-order valence-corrected chi connectivity index (χ2v) is 5.07. The topological polar surface area (TPSA) is 92.7 Å². The van der Waals surface area contributed by atoms with E-state index >= 15 is 0 Å². The number of carboxylic acid groups (broad SMARTS) is 1. The zero-order valence-electron chi connectivity index (χ0n) is 11.3. The van der Waals surface area contributed by atoms with Crippen LogP contribution >= 0.6 is 22.6 Å². The molecule has 0 aliphatic heterocycles. The van der Waals surface area contributed by atoms with Gasteiger partial charge in [0.05, 0.1) is 4.43 Å².